The van der Waals surface area contributed by atoms with Crippen molar-refractivity contribution in [3.63, 3.8) is 0 Å². The molecule has 0 saturated carbocycles. The van der Waals surface area contributed by atoms with Crippen molar-refractivity contribution in [2.45, 2.75) is 45.4 Å². The second-order valence-electron chi connectivity index (χ2n) is 5.17. The Kier molecular flexibility index (Phi) is 5.14. The number of rotatable bonds is 4. The van der Waals surface area contributed by atoms with Crippen molar-refractivity contribution in [1.29, 1.82) is 0 Å². The molecule has 0 radical (unpaired) electrons. The van der Waals surface area contributed by atoms with E-state index in [-0.39, 0.29) is 5.78 Å². The highest BCUT2D eigenvalue weighted by Gasteiger charge is 2.10. The molecule has 0 saturated heterocycles. The molecule has 2 rings (SSSR count). The number of ketones is 1. The molecule has 0 spiro atoms. The topological polar surface area (TPSA) is 17.1 Å². The highest BCUT2D eigenvalue weighted by molar-refractivity contribution is 5.97. The normalized spacial score (nSPS) is 21.8. The van der Waals surface area contributed by atoms with Crippen LogP contribution in [0, 0.1) is 0 Å². The van der Waals surface area contributed by atoms with Crippen LogP contribution in [0.4, 0.5) is 0 Å². The minimum atomic E-state index is 0.229. The third-order valence-corrected chi connectivity index (χ3v) is 3.64. The minimum absolute atomic E-state index is 0.229. The zero-order valence-corrected chi connectivity index (χ0v) is 11.7. The average Bonchev–Trinajstić information content (AvgIpc) is 2.43. The molecule has 19 heavy (non-hydrogen) atoms. The van der Waals surface area contributed by atoms with Crippen LogP contribution in [0.25, 0.3) is 5.57 Å². The number of allylic oxidation sites excluding steroid dienone is 4. The van der Waals surface area contributed by atoms with Gasteiger partial charge in [0.2, 0.25) is 0 Å². The van der Waals surface area contributed by atoms with Gasteiger partial charge in [0.05, 0.1) is 0 Å². The number of hydrogen-bond acceptors (Lipinski definition) is 1. The van der Waals surface area contributed by atoms with Gasteiger partial charge in [-0.3, -0.25) is 4.79 Å². The van der Waals surface area contributed by atoms with E-state index in [9.17, 15) is 4.79 Å². The van der Waals surface area contributed by atoms with Crippen LogP contribution in [0.1, 0.15) is 51.0 Å². The Morgan fingerprint density at radius 3 is 2.63 bits per heavy atom. The number of carbonyl (C=O) groups is 1. The summed E-state index contributed by atoms with van der Waals surface area (Å²) in [5.74, 6) is 0.229. The van der Waals surface area contributed by atoms with Gasteiger partial charge in [0, 0.05) is 6.42 Å². The van der Waals surface area contributed by atoms with Crippen molar-refractivity contribution in [3.05, 3.63) is 53.6 Å². The number of carbonyl (C=O) groups excluding carboxylic acids is 1. The molecule has 0 atom stereocenters. The maximum absolute atomic E-state index is 11.9. The van der Waals surface area contributed by atoms with Crippen molar-refractivity contribution in [3.8, 4) is 0 Å². The third-order valence-electron chi connectivity index (χ3n) is 3.64. The van der Waals surface area contributed by atoms with Gasteiger partial charge in [0.15, 0.2) is 5.78 Å². The first-order valence-electron chi connectivity index (χ1n) is 7.26. The number of hydrogen-bond donors (Lipinski definition) is 0. The van der Waals surface area contributed by atoms with E-state index in [4.69, 9.17) is 0 Å². The number of unbranched alkanes of at least 4 members (excludes halogenated alkanes) is 1. The Morgan fingerprint density at radius 2 is 1.89 bits per heavy atom. The first-order valence-corrected chi connectivity index (χ1v) is 7.26. The molecule has 1 nitrogen and oxygen atoms in total. The van der Waals surface area contributed by atoms with E-state index >= 15 is 0 Å². The maximum Gasteiger partial charge on any atom is 0.159 e. The molecular formula is C18H22O. The third kappa shape index (κ3) is 4.20. The van der Waals surface area contributed by atoms with Crippen LogP contribution in [-0.4, -0.2) is 5.78 Å². The molecule has 0 N–H and O–H groups in total. The van der Waals surface area contributed by atoms with Crippen molar-refractivity contribution >= 4 is 11.4 Å². The van der Waals surface area contributed by atoms with E-state index in [1.54, 1.807) is 0 Å². The summed E-state index contributed by atoms with van der Waals surface area (Å²) in [6, 6.07) is 10.3. The molecule has 1 aromatic carbocycles. The smallest absolute Gasteiger partial charge is 0.159 e. The van der Waals surface area contributed by atoms with Gasteiger partial charge in [0.25, 0.3) is 0 Å². The van der Waals surface area contributed by atoms with Gasteiger partial charge in [-0.1, -0.05) is 55.3 Å². The lowest BCUT2D eigenvalue weighted by molar-refractivity contribution is -0.113. The molecule has 0 aromatic heterocycles. The molecule has 1 heteroatoms. The summed E-state index contributed by atoms with van der Waals surface area (Å²) in [4.78, 5) is 11.9. The first kappa shape index (κ1) is 13.8. The molecule has 1 aromatic rings. The van der Waals surface area contributed by atoms with E-state index < -0.39 is 0 Å². The summed E-state index contributed by atoms with van der Waals surface area (Å²) in [5, 5.41) is 0. The average molecular weight is 254 g/mol. The molecule has 0 aliphatic heterocycles. The van der Waals surface area contributed by atoms with Crippen molar-refractivity contribution in [1.82, 2.24) is 0 Å². The van der Waals surface area contributed by atoms with Crippen molar-refractivity contribution in [2.24, 2.45) is 0 Å². The molecule has 1 aliphatic carbocycles. The fourth-order valence-corrected chi connectivity index (χ4v) is 2.48. The summed E-state index contributed by atoms with van der Waals surface area (Å²) in [6.07, 6.45) is 10.2. The van der Waals surface area contributed by atoms with Gasteiger partial charge >= 0.3 is 0 Å². The van der Waals surface area contributed by atoms with Crippen LogP contribution in [0.2, 0.25) is 0 Å². The molecule has 0 heterocycles. The second kappa shape index (κ2) is 7.08. The van der Waals surface area contributed by atoms with Crippen LogP contribution < -0.4 is 0 Å². The van der Waals surface area contributed by atoms with Crippen molar-refractivity contribution < 1.29 is 4.79 Å². The predicted octanol–water partition coefficient (Wildman–Crippen LogP) is 4.94. The van der Waals surface area contributed by atoms with Crippen LogP contribution >= 0.6 is 0 Å². The van der Waals surface area contributed by atoms with Crippen molar-refractivity contribution in [2.75, 3.05) is 0 Å². The van der Waals surface area contributed by atoms with E-state index in [2.05, 4.69) is 25.1 Å². The summed E-state index contributed by atoms with van der Waals surface area (Å²) < 4.78 is 0. The molecule has 0 bridgehead atoms. The first-order chi connectivity index (χ1) is 9.29. The Hall–Kier alpha value is -1.63. The molecule has 100 valence electrons. The van der Waals surface area contributed by atoms with E-state index in [0.29, 0.717) is 6.42 Å². The largest absolute Gasteiger partial charge is 0.295 e. The Bertz CT molecular complexity index is 480. The highest BCUT2D eigenvalue weighted by Crippen LogP contribution is 2.26. The molecule has 1 aliphatic rings. The Morgan fingerprint density at radius 1 is 1.11 bits per heavy atom. The predicted molar refractivity (Wildman–Crippen MR) is 80.9 cm³/mol. The molecule has 0 fully saturated rings. The fraction of sp³-hybridized carbons (Fsp3) is 0.389. The van der Waals surface area contributed by atoms with E-state index in [1.165, 1.54) is 29.6 Å². The Labute approximate surface area is 116 Å². The quantitative estimate of drug-likeness (QED) is 0.695. The monoisotopic (exact) mass is 254 g/mol. The fourth-order valence-electron chi connectivity index (χ4n) is 2.48. The summed E-state index contributed by atoms with van der Waals surface area (Å²) in [6.45, 7) is 2.21. The molecule has 0 unspecified atom stereocenters. The van der Waals surface area contributed by atoms with Gasteiger partial charge in [-0.2, -0.15) is 0 Å². The van der Waals surface area contributed by atoms with Crippen LogP contribution in [0.3, 0.4) is 0 Å². The van der Waals surface area contributed by atoms with Gasteiger partial charge in [-0.05, 0) is 42.9 Å². The standard InChI is InChI=1S/C18H22O/c1-2-3-7-15-10-12-17(14-18(19)13-11-15)16-8-5-4-6-9-16/h4-6,8-9,11,14H,2-3,7,10,12-13H2,1H3/b15-11-,17-14+. The van der Waals surface area contributed by atoms with Gasteiger partial charge in [0.1, 0.15) is 0 Å². The van der Waals surface area contributed by atoms with Crippen LogP contribution in [-0.2, 0) is 4.79 Å². The van der Waals surface area contributed by atoms with E-state index in [1.807, 2.05) is 24.3 Å². The molecule has 0 amide bonds. The van der Waals surface area contributed by atoms with Crippen LogP contribution in [0.5, 0.6) is 0 Å². The zero-order valence-electron chi connectivity index (χ0n) is 11.7. The lowest BCUT2D eigenvalue weighted by atomic mass is 9.92. The minimum Gasteiger partial charge on any atom is -0.295 e. The van der Waals surface area contributed by atoms with Crippen LogP contribution in [0.15, 0.2) is 48.1 Å². The van der Waals surface area contributed by atoms with E-state index in [0.717, 1.165) is 19.3 Å². The van der Waals surface area contributed by atoms with Gasteiger partial charge in [-0.15, -0.1) is 0 Å². The SMILES string of the molecule is CCCC/C1=C/CC(=O)/C=C(/c2ccccc2)CC1. The summed E-state index contributed by atoms with van der Waals surface area (Å²) in [7, 11) is 0. The highest BCUT2D eigenvalue weighted by atomic mass is 16.1. The van der Waals surface area contributed by atoms with Gasteiger partial charge < -0.3 is 0 Å². The van der Waals surface area contributed by atoms with Gasteiger partial charge in [-0.25, -0.2) is 0 Å². The summed E-state index contributed by atoms with van der Waals surface area (Å²) >= 11 is 0. The maximum atomic E-state index is 11.9. The summed E-state index contributed by atoms with van der Waals surface area (Å²) in [5.41, 5.74) is 3.83. The lowest BCUT2D eigenvalue weighted by Gasteiger charge is -2.13. The number of benzene rings is 1. The zero-order chi connectivity index (χ0) is 13.5. The Balaban J connectivity index is 2.11. The molecular weight excluding hydrogens is 232 g/mol. The second-order valence-corrected chi connectivity index (χ2v) is 5.17. The lowest BCUT2D eigenvalue weighted by Crippen LogP contribution is -1.99.